The predicted molar refractivity (Wildman–Crippen MR) is 50.3 cm³/mol. The summed E-state index contributed by atoms with van der Waals surface area (Å²) >= 11 is 0. The number of ether oxygens (including phenoxy) is 1. The van der Waals surface area contributed by atoms with E-state index in [1.165, 1.54) is 0 Å². The van der Waals surface area contributed by atoms with Crippen LogP contribution in [0.5, 0.6) is 0 Å². The Balaban J connectivity index is 2.24. The number of hydrogen-bond acceptors (Lipinski definition) is 4. The summed E-state index contributed by atoms with van der Waals surface area (Å²) in [6.07, 6.45) is 0. The molecule has 1 unspecified atom stereocenters. The van der Waals surface area contributed by atoms with Crippen LogP contribution < -0.4 is 5.32 Å². The van der Waals surface area contributed by atoms with Crippen LogP contribution in [0, 0.1) is 11.3 Å². The Morgan fingerprint density at radius 1 is 1.69 bits per heavy atom. The van der Waals surface area contributed by atoms with E-state index in [2.05, 4.69) is 16.3 Å². The van der Waals surface area contributed by atoms with Crippen LogP contribution in [0.4, 0.5) is 0 Å². The van der Waals surface area contributed by atoms with Gasteiger partial charge in [0.15, 0.2) is 0 Å². The molecule has 1 atom stereocenters. The first-order valence-electron chi connectivity index (χ1n) is 4.80. The van der Waals surface area contributed by atoms with Gasteiger partial charge in [-0.2, -0.15) is 5.26 Å². The Morgan fingerprint density at radius 3 is 3.23 bits per heavy atom. The van der Waals surface area contributed by atoms with Gasteiger partial charge in [0.2, 0.25) is 0 Å². The summed E-state index contributed by atoms with van der Waals surface area (Å²) in [4.78, 5) is 2.17. The normalized spacial score (nSPS) is 24.2. The third kappa shape index (κ3) is 3.31. The monoisotopic (exact) mass is 183 g/mol. The molecule has 0 saturated carbocycles. The second kappa shape index (κ2) is 5.92. The van der Waals surface area contributed by atoms with Gasteiger partial charge in [-0.3, -0.25) is 4.90 Å². The zero-order valence-electron chi connectivity index (χ0n) is 8.12. The predicted octanol–water partition coefficient (Wildman–Crippen LogP) is -0.180. The summed E-state index contributed by atoms with van der Waals surface area (Å²) < 4.78 is 5.26. The van der Waals surface area contributed by atoms with E-state index in [1.54, 1.807) is 0 Å². The SMILES string of the molecule is CCOCCN1CCNCC1C#N. The van der Waals surface area contributed by atoms with Crippen molar-refractivity contribution in [3.05, 3.63) is 0 Å². The van der Waals surface area contributed by atoms with Gasteiger partial charge < -0.3 is 10.1 Å². The average molecular weight is 183 g/mol. The van der Waals surface area contributed by atoms with E-state index in [-0.39, 0.29) is 6.04 Å². The molecule has 13 heavy (non-hydrogen) atoms. The molecule has 4 nitrogen and oxygen atoms in total. The van der Waals surface area contributed by atoms with Crippen LogP contribution >= 0.6 is 0 Å². The third-order valence-corrected chi connectivity index (χ3v) is 2.23. The second-order valence-electron chi connectivity index (χ2n) is 3.08. The minimum Gasteiger partial charge on any atom is -0.380 e. The van der Waals surface area contributed by atoms with E-state index in [1.807, 2.05) is 6.92 Å². The van der Waals surface area contributed by atoms with Crippen molar-refractivity contribution in [2.45, 2.75) is 13.0 Å². The molecule has 1 saturated heterocycles. The number of piperazine rings is 1. The number of rotatable bonds is 4. The van der Waals surface area contributed by atoms with Crippen LogP contribution in [0.25, 0.3) is 0 Å². The van der Waals surface area contributed by atoms with Crippen LogP contribution in [0.1, 0.15) is 6.92 Å². The van der Waals surface area contributed by atoms with Gasteiger partial charge in [0.1, 0.15) is 6.04 Å². The third-order valence-electron chi connectivity index (χ3n) is 2.23. The number of nitrogens with zero attached hydrogens (tertiary/aromatic N) is 2. The Labute approximate surface area is 79.5 Å². The molecule has 1 fully saturated rings. The van der Waals surface area contributed by atoms with E-state index in [0.717, 1.165) is 39.4 Å². The maximum absolute atomic E-state index is 8.85. The Bertz CT molecular complexity index is 178. The summed E-state index contributed by atoms with van der Waals surface area (Å²) in [5, 5.41) is 12.0. The molecule has 1 rings (SSSR count). The number of nitrogens with one attached hydrogen (secondary N) is 1. The standard InChI is InChI=1S/C9H17N3O/c1-2-13-6-5-12-4-3-11-8-9(12)7-10/h9,11H,2-6,8H2,1H3. The highest BCUT2D eigenvalue weighted by molar-refractivity contribution is 4.95. The van der Waals surface area contributed by atoms with Gasteiger partial charge in [-0.15, -0.1) is 0 Å². The van der Waals surface area contributed by atoms with Crippen molar-refractivity contribution in [3.8, 4) is 6.07 Å². The van der Waals surface area contributed by atoms with Crippen LogP contribution in [0.2, 0.25) is 0 Å². The van der Waals surface area contributed by atoms with Crippen LogP contribution in [-0.4, -0.2) is 50.3 Å². The quantitative estimate of drug-likeness (QED) is 0.614. The van der Waals surface area contributed by atoms with Crippen LogP contribution in [-0.2, 0) is 4.74 Å². The molecule has 1 heterocycles. The van der Waals surface area contributed by atoms with Gasteiger partial charge >= 0.3 is 0 Å². The summed E-state index contributed by atoms with van der Waals surface area (Å²) in [5.41, 5.74) is 0. The van der Waals surface area contributed by atoms with Crippen molar-refractivity contribution < 1.29 is 4.74 Å². The van der Waals surface area contributed by atoms with Gasteiger partial charge in [0.05, 0.1) is 12.7 Å². The highest BCUT2D eigenvalue weighted by Crippen LogP contribution is 2.01. The number of hydrogen-bond donors (Lipinski definition) is 1. The van der Waals surface area contributed by atoms with Crippen molar-refractivity contribution >= 4 is 0 Å². The molecule has 1 aliphatic heterocycles. The first-order chi connectivity index (χ1) is 6.38. The summed E-state index contributed by atoms with van der Waals surface area (Å²) in [7, 11) is 0. The molecule has 1 aliphatic rings. The molecule has 4 heteroatoms. The Morgan fingerprint density at radius 2 is 2.54 bits per heavy atom. The molecule has 0 aromatic heterocycles. The van der Waals surface area contributed by atoms with E-state index in [9.17, 15) is 0 Å². The molecule has 0 bridgehead atoms. The minimum atomic E-state index is 0.0224. The van der Waals surface area contributed by atoms with Crippen molar-refractivity contribution in [2.75, 3.05) is 39.4 Å². The van der Waals surface area contributed by atoms with Gasteiger partial charge in [-0.1, -0.05) is 0 Å². The Hall–Kier alpha value is -0.630. The summed E-state index contributed by atoms with van der Waals surface area (Å²) in [6, 6.07) is 2.31. The molecule has 0 aromatic carbocycles. The minimum absolute atomic E-state index is 0.0224. The molecule has 0 aromatic rings. The highest BCUT2D eigenvalue weighted by atomic mass is 16.5. The molecule has 0 amide bonds. The lowest BCUT2D eigenvalue weighted by Gasteiger charge is -2.31. The lowest BCUT2D eigenvalue weighted by Crippen LogP contribution is -2.51. The fourth-order valence-corrected chi connectivity index (χ4v) is 1.47. The van der Waals surface area contributed by atoms with Crippen molar-refractivity contribution in [2.24, 2.45) is 0 Å². The second-order valence-corrected chi connectivity index (χ2v) is 3.08. The first kappa shape index (κ1) is 10.5. The van der Waals surface area contributed by atoms with Crippen molar-refractivity contribution in [1.29, 1.82) is 5.26 Å². The van der Waals surface area contributed by atoms with E-state index in [0.29, 0.717) is 0 Å². The van der Waals surface area contributed by atoms with Crippen LogP contribution in [0.15, 0.2) is 0 Å². The van der Waals surface area contributed by atoms with E-state index >= 15 is 0 Å². The largest absolute Gasteiger partial charge is 0.380 e. The van der Waals surface area contributed by atoms with E-state index < -0.39 is 0 Å². The maximum atomic E-state index is 8.85. The molecule has 0 aliphatic carbocycles. The fraction of sp³-hybridized carbons (Fsp3) is 0.889. The summed E-state index contributed by atoms with van der Waals surface area (Å²) in [6.45, 7) is 7.05. The zero-order valence-corrected chi connectivity index (χ0v) is 8.12. The van der Waals surface area contributed by atoms with E-state index in [4.69, 9.17) is 10.00 Å². The van der Waals surface area contributed by atoms with Crippen molar-refractivity contribution in [3.63, 3.8) is 0 Å². The lowest BCUT2D eigenvalue weighted by molar-refractivity contribution is 0.0959. The van der Waals surface area contributed by atoms with Crippen LogP contribution in [0.3, 0.4) is 0 Å². The van der Waals surface area contributed by atoms with Gasteiger partial charge in [0.25, 0.3) is 0 Å². The molecular formula is C9H17N3O. The maximum Gasteiger partial charge on any atom is 0.110 e. The molecule has 74 valence electrons. The number of nitriles is 1. The van der Waals surface area contributed by atoms with Crippen molar-refractivity contribution in [1.82, 2.24) is 10.2 Å². The zero-order chi connectivity index (χ0) is 9.52. The smallest absolute Gasteiger partial charge is 0.110 e. The average Bonchev–Trinajstić information content (AvgIpc) is 2.19. The molecular weight excluding hydrogens is 166 g/mol. The lowest BCUT2D eigenvalue weighted by atomic mass is 10.2. The van der Waals surface area contributed by atoms with Gasteiger partial charge in [-0.25, -0.2) is 0 Å². The van der Waals surface area contributed by atoms with Gasteiger partial charge in [-0.05, 0) is 6.92 Å². The molecule has 0 spiro atoms. The molecule has 0 radical (unpaired) electrons. The molecule has 1 N–H and O–H groups in total. The fourth-order valence-electron chi connectivity index (χ4n) is 1.47. The first-order valence-corrected chi connectivity index (χ1v) is 4.80. The summed E-state index contributed by atoms with van der Waals surface area (Å²) in [5.74, 6) is 0. The Kier molecular flexibility index (Phi) is 4.76. The topological polar surface area (TPSA) is 48.3 Å². The van der Waals surface area contributed by atoms with Gasteiger partial charge in [0, 0.05) is 32.8 Å². The highest BCUT2D eigenvalue weighted by Gasteiger charge is 2.20.